The van der Waals surface area contributed by atoms with Gasteiger partial charge in [0.15, 0.2) is 0 Å². The fourth-order valence-electron chi connectivity index (χ4n) is 1.18. The van der Waals surface area contributed by atoms with E-state index in [0.29, 0.717) is 18.2 Å². The number of benzene rings is 1. The van der Waals surface area contributed by atoms with Gasteiger partial charge in [-0.2, -0.15) is 0 Å². The molecular weight excluding hydrogens is 242 g/mol. The van der Waals surface area contributed by atoms with E-state index >= 15 is 0 Å². The summed E-state index contributed by atoms with van der Waals surface area (Å²) in [6.45, 7) is 2.32. The Bertz CT molecular complexity index is 418. The average molecular weight is 256 g/mol. The van der Waals surface area contributed by atoms with Crippen LogP contribution in [-0.4, -0.2) is 17.6 Å². The van der Waals surface area contributed by atoms with Crippen molar-refractivity contribution >= 4 is 17.5 Å². The van der Waals surface area contributed by atoms with Gasteiger partial charge in [-0.15, -0.1) is 0 Å². The molecule has 1 aromatic rings. The van der Waals surface area contributed by atoms with Crippen LogP contribution >= 0.6 is 11.6 Å². The number of hydrogen-bond acceptors (Lipinski definition) is 3. The van der Waals surface area contributed by atoms with Crippen LogP contribution in [0.1, 0.15) is 12.5 Å². The molecule has 0 heterocycles. The molecule has 2 N–H and O–H groups in total. The number of amides is 1. The van der Waals surface area contributed by atoms with Crippen molar-refractivity contribution in [2.75, 3.05) is 6.61 Å². The molecule has 0 saturated heterocycles. The largest absolute Gasteiger partial charge is 0.481 e. The Kier molecular flexibility index (Phi) is 5.36. The highest BCUT2D eigenvalue weighted by molar-refractivity contribution is 6.31. The summed E-state index contributed by atoms with van der Waals surface area (Å²) in [4.78, 5) is 11.3. The molecule has 5 heteroatoms. The summed E-state index contributed by atoms with van der Waals surface area (Å²) in [6, 6.07) is 7.21. The molecule has 1 amide bonds. The molecule has 0 atom stereocenters. The van der Waals surface area contributed by atoms with Crippen molar-refractivity contribution in [3.05, 3.63) is 46.9 Å². The lowest BCUT2D eigenvalue weighted by Crippen LogP contribution is -2.21. The molecule has 1 aromatic carbocycles. The molecule has 0 aromatic heterocycles. The fraction of sp³-hybridized carbons (Fsp3) is 0.250. The minimum Gasteiger partial charge on any atom is -0.481 e. The van der Waals surface area contributed by atoms with Crippen molar-refractivity contribution in [1.82, 2.24) is 5.32 Å². The van der Waals surface area contributed by atoms with Crippen LogP contribution in [0.15, 0.2) is 36.3 Å². The minimum absolute atomic E-state index is 0.300. The highest BCUT2D eigenvalue weighted by Crippen LogP contribution is 2.14. The lowest BCUT2D eigenvalue weighted by Gasteiger charge is -2.05. The van der Waals surface area contributed by atoms with E-state index in [9.17, 15) is 4.79 Å². The lowest BCUT2D eigenvalue weighted by molar-refractivity contribution is -0.117. The Labute approximate surface area is 105 Å². The molecule has 4 nitrogen and oxygen atoms in total. The maximum atomic E-state index is 11.3. The quantitative estimate of drug-likeness (QED) is 0.627. The topological polar surface area (TPSA) is 58.6 Å². The highest BCUT2D eigenvalue weighted by atomic mass is 35.5. The molecule has 1 rings (SSSR count). The smallest absolute Gasteiger partial charge is 0.282 e. The van der Waals surface area contributed by atoms with E-state index in [1.165, 1.54) is 0 Å². The Morgan fingerprint density at radius 3 is 2.88 bits per heavy atom. The van der Waals surface area contributed by atoms with Crippen LogP contribution in [0.25, 0.3) is 0 Å². The van der Waals surface area contributed by atoms with Crippen LogP contribution in [0.4, 0.5) is 0 Å². The molecule has 0 bridgehead atoms. The SMILES string of the molecule is CCO/C(O)=C/C(=O)NCc1ccccc1Cl. The Balaban J connectivity index is 2.49. The number of ether oxygens (including phenoxy) is 1. The number of hydrogen-bond donors (Lipinski definition) is 2. The van der Waals surface area contributed by atoms with Gasteiger partial charge < -0.3 is 15.2 Å². The van der Waals surface area contributed by atoms with Gasteiger partial charge >= 0.3 is 0 Å². The van der Waals surface area contributed by atoms with Crippen molar-refractivity contribution in [1.29, 1.82) is 0 Å². The van der Waals surface area contributed by atoms with Gasteiger partial charge in [-0.1, -0.05) is 29.8 Å². The van der Waals surface area contributed by atoms with Crippen LogP contribution in [0.3, 0.4) is 0 Å². The number of aliphatic hydroxyl groups excluding tert-OH is 1. The van der Waals surface area contributed by atoms with Crippen molar-refractivity contribution in [2.45, 2.75) is 13.5 Å². The maximum Gasteiger partial charge on any atom is 0.282 e. The third-order valence-electron chi connectivity index (χ3n) is 1.96. The van der Waals surface area contributed by atoms with Gasteiger partial charge in [0.25, 0.3) is 11.9 Å². The third kappa shape index (κ3) is 4.78. The summed E-state index contributed by atoms with van der Waals surface area (Å²) in [7, 11) is 0. The van der Waals surface area contributed by atoms with E-state index in [-0.39, 0.29) is 0 Å². The molecule has 0 aliphatic carbocycles. The maximum absolute atomic E-state index is 11.3. The van der Waals surface area contributed by atoms with Gasteiger partial charge in [-0.05, 0) is 18.6 Å². The Hall–Kier alpha value is -1.68. The van der Waals surface area contributed by atoms with E-state index in [1.54, 1.807) is 13.0 Å². The van der Waals surface area contributed by atoms with E-state index in [4.69, 9.17) is 21.4 Å². The predicted octanol–water partition coefficient (Wildman–Crippen LogP) is 2.39. The normalized spacial score (nSPS) is 11.1. The van der Waals surface area contributed by atoms with Gasteiger partial charge in [0.05, 0.1) is 12.7 Å². The number of carbonyl (C=O) groups is 1. The van der Waals surface area contributed by atoms with Gasteiger partial charge in [0.1, 0.15) is 0 Å². The molecule has 0 aliphatic heterocycles. The van der Waals surface area contributed by atoms with Crippen LogP contribution in [-0.2, 0) is 16.1 Å². The van der Waals surface area contributed by atoms with Crippen LogP contribution in [0.5, 0.6) is 0 Å². The number of halogens is 1. The van der Waals surface area contributed by atoms with Gasteiger partial charge in [0, 0.05) is 11.6 Å². The van der Waals surface area contributed by atoms with E-state index in [0.717, 1.165) is 11.6 Å². The van der Waals surface area contributed by atoms with Gasteiger partial charge in [-0.25, -0.2) is 0 Å². The lowest BCUT2D eigenvalue weighted by atomic mass is 10.2. The number of aliphatic hydroxyl groups is 1. The predicted molar refractivity (Wildman–Crippen MR) is 65.6 cm³/mol. The molecule has 0 unspecified atom stereocenters. The summed E-state index contributed by atoms with van der Waals surface area (Å²) in [5, 5.41) is 12.3. The molecule has 92 valence electrons. The fourth-order valence-corrected chi connectivity index (χ4v) is 1.38. The number of carbonyl (C=O) groups excluding carboxylic acids is 1. The molecule has 0 aliphatic rings. The molecule has 0 spiro atoms. The van der Waals surface area contributed by atoms with Crippen LogP contribution in [0, 0.1) is 0 Å². The van der Waals surface area contributed by atoms with Gasteiger partial charge in [0.2, 0.25) is 0 Å². The van der Waals surface area contributed by atoms with E-state index in [2.05, 4.69) is 5.32 Å². The molecular formula is C12H14ClNO3. The van der Waals surface area contributed by atoms with Gasteiger partial charge in [-0.3, -0.25) is 4.79 Å². The second-order valence-electron chi connectivity index (χ2n) is 3.22. The standard InChI is InChI=1S/C12H14ClNO3/c1-2-17-12(16)7-11(15)14-8-9-5-3-4-6-10(9)13/h3-7,16H,2,8H2,1H3,(H,14,15)/b12-7+. The molecule has 0 radical (unpaired) electrons. The van der Waals surface area contributed by atoms with Crippen LogP contribution in [0.2, 0.25) is 5.02 Å². The summed E-state index contributed by atoms with van der Waals surface area (Å²) in [5.41, 5.74) is 0.812. The minimum atomic E-state index is -0.434. The summed E-state index contributed by atoms with van der Waals surface area (Å²) in [5.74, 6) is -0.833. The van der Waals surface area contributed by atoms with Crippen molar-refractivity contribution in [2.24, 2.45) is 0 Å². The van der Waals surface area contributed by atoms with Crippen molar-refractivity contribution < 1.29 is 14.6 Å². The van der Waals surface area contributed by atoms with Crippen molar-refractivity contribution in [3.63, 3.8) is 0 Å². The third-order valence-corrected chi connectivity index (χ3v) is 2.33. The highest BCUT2D eigenvalue weighted by Gasteiger charge is 2.03. The second-order valence-corrected chi connectivity index (χ2v) is 3.63. The molecule has 0 fully saturated rings. The second kappa shape index (κ2) is 6.81. The van der Waals surface area contributed by atoms with Crippen molar-refractivity contribution in [3.8, 4) is 0 Å². The Morgan fingerprint density at radius 1 is 1.53 bits per heavy atom. The zero-order valence-corrected chi connectivity index (χ0v) is 10.2. The first-order chi connectivity index (χ1) is 8.13. The zero-order valence-electron chi connectivity index (χ0n) is 9.44. The number of rotatable bonds is 5. The van der Waals surface area contributed by atoms with E-state index in [1.807, 2.05) is 18.2 Å². The summed E-state index contributed by atoms with van der Waals surface area (Å²) in [6.07, 6.45) is 0.986. The first kappa shape index (κ1) is 13.4. The zero-order chi connectivity index (χ0) is 12.7. The van der Waals surface area contributed by atoms with Crippen LogP contribution < -0.4 is 5.32 Å². The molecule has 0 saturated carbocycles. The summed E-state index contributed by atoms with van der Waals surface area (Å²) >= 11 is 5.92. The summed E-state index contributed by atoms with van der Waals surface area (Å²) < 4.78 is 4.72. The number of nitrogens with one attached hydrogen (secondary N) is 1. The van der Waals surface area contributed by atoms with E-state index < -0.39 is 11.9 Å². The first-order valence-electron chi connectivity index (χ1n) is 5.18. The average Bonchev–Trinajstić information content (AvgIpc) is 2.28. The molecule has 17 heavy (non-hydrogen) atoms. The Morgan fingerprint density at radius 2 is 2.24 bits per heavy atom. The monoisotopic (exact) mass is 255 g/mol. The first-order valence-corrected chi connectivity index (χ1v) is 5.56.